The molecule has 1 saturated heterocycles. The zero-order valence-electron chi connectivity index (χ0n) is 25.2. The molecule has 44 heavy (non-hydrogen) atoms. The van der Waals surface area contributed by atoms with Crippen molar-refractivity contribution in [2.75, 3.05) is 27.2 Å². The van der Waals surface area contributed by atoms with Crippen molar-refractivity contribution in [3.8, 4) is 28.1 Å². The van der Waals surface area contributed by atoms with E-state index < -0.39 is 16.4 Å². The number of hydrogen-bond donors (Lipinski definition) is 0. The van der Waals surface area contributed by atoms with Crippen molar-refractivity contribution in [3.63, 3.8) is 0 Å². The van der Waals surface area contributed by atoms with Gasteiger partial charge in [-0.15, -0.1) is 5.10 Å². The van der Waals surface area contributed by atoms with E-state index >= 15 is 0 Å². The van der Waals surface area contributed by atoms with Crippen LogP contribution >= 0.6 is 0 Å². The molecule has 5 aromatic rings. The summed E-state index contributed by atoms with van der Waals surface area (Å²) < 4.78 is 64.9. The van der Waals surface area contributed by atoms with Gasteiger partial charge in [0, 0.05) is 40.2 Å². The Labute approximate surface area is 256 Å². The van der Waals surface area contributed by atoms with Crippen molar-refractivity contribution < 1.29 is 21.9 Å². The lowest BCUT2D eigenvalue weighted by Crippen LogP contribution is -2.31. The van der Waals surface area contributed by atoms with E-state index in [1.54, 1.807) is 49.7 Å². The average Bonchev–Trinajstić information content (AvgIpc) is 3.61. The van der Waals surface area contributed by atoms with Crippen LogP contribution in [-0.4, -0.2) is 59.3 Å². The molecule has 1 aliphatic rings. The van der Waals surface area contributed by atoms with E-state index in [1.807, 2.05) is 30.8 Å². The van der Waals surface area contributed by atoms with Gasteiger partial charge >= 0.3 is 0 Å². The fraction of sp³-hybridized carbons (Fsp3) is 0.333. The van der Waals surface area contributed by atoms with E-state index in [4.69, 9.17) is 14.8 Å². The minimum atomic E-state index is -4.08. The van der Waals surface area contributed by atoms with Crippen LogP contribution in [0.1, 0.15) is 49.1 Å². The molecule has 6 rings (SSSR count). The van der Waals surface area contributed by atoms with Gasteiger partial charge in [-0.1, -0.05) is 42.8 Å². The van der Waals surface area contributed by atoms with Gasteiger partial charge in [-0.05, 0) is 76.2 Å². The predicted molar refractivity (Wildman–Crippen MR) is 167 cm³/mol. The summed E-state index contributed by atoms with van der Waals surface area (Å²) in [6, 6.07) is 14.8. The summed E-state index contributed by atoms with van der Waals surface area (Å²) in [6.45, 7) is 5.68. The molecule has 0 amide bonds. The SMILES string of the molecule is CCc1c(-c2cccc(C(F)F)c2)c2cc(-c3cn(C4CCN(C)CC4)nc3OC)cnc2n1S(=O)(=O)c1ccc(C)cc1. The molecule has 230 valence electrons. The first-order chi connectivity index (χ1) is 21.1. The van der Waals surface area contributed by atoms with Gasteiger partial charge in [-0.2, -0.15) is 0 Å². The minimum absolute atomic E-state index is 0.120. The topological polar surface area (TPSA) is 82.2 Å². The number of methoxy groups -OCH3 is 1. The van der Waals surface area contributed by atoms with Crippen LogP contribution < -0.4 is 4.74 Å². The van der Waals surface area contributed by atoms with E-state index in [2.05, 4.69) is 11.9 Å². The number of aromatic nitrogens is 4. The van der Waals surface area contributed by atoms with E-state index in [0.29, 0.717) is 40.1 Å². The Balaban J connectivity index is 1.59. The van der Waals surface area contributed by atoms with Crippen LogP contribution in [0.25, 0.3) is 33.3 Å². The summed E-state index contributed by atoms with van der Waals surface area (Å²) in [5, 5.41) is 5.27. The Kier molecular flexibility index (Phi) is 8.02. The molecular weight excluding hydrogens is 584 g/mol. The minimum Gasteiger partial charge on any atom is -0.479 e. The molecule has 0 saturated carbocycles. The van der Waals surface area contributed by atoms with Gasteiger partial charge in [0.2, 0.25) is 5.88 Å². The van der Waals surface area contributed by atoms with Crippen LogP contribution in [-0.2, 0) is 16.4 Å². The number of piperidine rings is 1. The zero-order chi connectivity index (χ0) is 31.2. The summed E-state index contributed by atoms with van der Waals surface area (Å²) in [5.74, 6) is 0.439. The van der Waals surface area contributed by atoms with Crippen LogP contribution in [0.15, 0.2) is 71.9 Å². The van der Waals surface area contributed by atoms with Crippen LogP contribution in [0.2, 0.25) is 0 Å². The maximum absolute atomic E-state index is 14.2. The predicted octanol–water partition coefficient (Wildman–Crippen LogP) is 6.89. The second-order valence-corrected chi connectivity index (χ2v) is 13.1. The van der Waals surface area contributed by atoms with Gasteiger partial charge in [-0.25, -0.2) is 26.2 Å². The summed E-state index contributed by atoms with van der Waals surface area (Å²) in [7, 11) is -0.408. The van der Waals surface area contributed by atoms with Gasteiger partial charge < -0.3 is 9.64 Å². The van der Waals surface area contributed by atoms with E-state index in [-0.39, 0.29) is 22.1 Å². The van der Waals surface area contributed by atoms with Gasteiger partial charge in [0.1, 0.15) is 0 Å². The lowest BCUT2D eigenvalue weighted by Gasteiger charge is -2.28. The number of aryl methyl sites for hydroxylation is 1. The number of alkyl halides is 2. The van der Waals surface area contributed by atoms with Gasteiger partial charge in [0.15, 0.2) is 5.65 Å². The second-order valence-electron chi connectivity index (χ2n) is 11.3. The number of ether oxygens (including phenoxy) is 1. The van der Waals surface area contributed by atoms with Crippen molar-refractivity contribution in [1.29, 1.82) is 0 Å². The Bertz CT molecular complexity index is 1930. The first-order valence-corrected chi connectivity index (χ1v) is 16.1. The highest BCUT2D eigenvalue weighted by atomic mass is 32.2. The van der Waals surface area contributed by atoms with Gasteiger partial charge in [0.25, 0.3) is 16.4 Å². The standard InChI is InChI=1S/C33H35F2N5O3S/c1-5-29-30(22-7-6-8-23(17-22)31(34)35)27-18-24(28-20-39(37-33(28)43-4)25-13-15-38(3)16-14-25)19-36-32(27)40(29)44(41,42)26-11-9-21(2)10-12-26/h6-12,17-20,25,31H,5,13-16H2,1-4H3. The summed E-state index contributed by atoms with van der Waals surface area (Å²) >= 11 is 0. The Morgan fingerprint density at radius 1 is 1.05 bits per heavy atom. The number of pyridine rings is 1. The van der Waals surface area contributed by atoms with Gasteiger partial charge in [0.05, 0.1) is 23.6 Å². The summed E-state index contributed by atoms with van der Waals surface area (Å²) in [5.41, 5.74) is 3.94. The number of hydrogen-bond acceptors (Lipinski definition) is 6. The lowest BCUT2D eigenvalue weighted by molar-refractivity contribution is 0.151. The molecule has 0 spiro atoms. The maximum Gasteiger partial charge on any atom is 0.269 e. The molecule has 0 unspecified atom stereocenters. The molecule has 8 nitrogen and oxygen atoms in total. The Hall–Kier alpha value is -4.09. The molecule has 0 atom stereocenters. The van der Waals surface area contributed by atoms with Crippen LogP contribution in [0.4, 0.5) is 8.78 Å². The number of benzene rings is 2. The Morgan fingerprint density at radius 2 is 1.77 bits per heavy atom. The third kappa shape index (κ3) is 5.28. The molecule has 3 aromatic heterocycles. The van der Waals surface area contributed by atoms with Gasteiger partial charge in [-0.3, -0.25) is 4.68 Å². The molecule has 11 heteroatoms. The molecule has 1 fully saturated rings. The Morgan fingerprint density at radius 3 is 2.43 bits per heavy atom. The molecule has 0 N–H and O–H groups in total. The summed E-state index contributed by atoms with van der Waals surface area (Å²) in [4.78, 5) is 7.14. The second kappa shape index (κ2) is 11.8. The number of fused-ring (bicyclic) bond motifs is 1. The normalized spacial score (nSPS) is 15.0. The zero-order valence-corrected chi connectivity index (χ0v) is 26.0. The average molecular weight is 620 g/mol. The molecule has 0 aliphatic carbocycles. The van der Waals surface area contributed by atoms with E-state index in [9.17, 15) is 17.2 Å². The molecule has 1 aliphatic heterocycles. The number of likely N-dealkylation sites (tertiary alicyclic amines) is 1. The van der Waals surface area contributed by atoms with Crippen molar-refractivity contribution in [3.05, 3.63) is 83.8 Å². The third-order valence-electron chi connectivity index (χ3n) is 8.45. The van der Waals surface area contributed by atoms with Crippen LogP contribution in [0.5, 0.6) is 5.88 Å². The van der Waals surface area contributed by atoms with E-state index in [1.165, 1.54) is 16.1 Å². The fourth-order valence-corrected chi connectivity index (χ4v) is 7.63. The molecular formula is C33H35F2N5O3S. The third-order valence-corrected chi connectivity index (χ3v) is 10.2. The number of rotatable bonds is 8. The quantitative estimate of drug-likeness (QED) is 0.188. The fourth-order valence-electron chi connectivity index (χ4n) is 6.05. The van der Waals surface area contributed by atoms with Crippen molar-refractivity contribution in [2.45, 2.75) is 50.5 Å². The molecule has 2 aromatic carbocycles. The molecule has 0 radical (unpaired) electrons. The van der Waals surface area contributed by atoms with E-state index in [0.717, 1.165) is 37.1 Å². The summed E-state index contributed by atoms with van der Waals surface area (Å²) in [6.07, 6.45) is 3.15. The monoisotopic (exact) mass is 619 g/mol. The smallest absolute Gasteiger partial charge is 0.269 e. The highest BCUT2D eigenvalue weighted by molar-refractivity contribution is 7.90. The van der Waals surface area contributed by atoms with Crippen molar-refractivity contribution >= 4 is 21.1 Å². The number of halogens is 2. The first-order valence-electron chi connectivity index (χ1n) is 14.7. The first kappa shape index (κ1) is 30.0. The molecule has 0 bridgehead atoms. The number of nitrogens with zero attached hydrogens (tertiary/aromatic N) is 5. The lowest BCUT2D eigenvalue weighted by atomic mass is 9.98. The largest absolute Gasteiger partial charge is 0.479 e. The van der Waals surface area contributed by atoms with Crippen molar-refractivity contribution in [2.24, 2.45) is 0 Å². The molecule has 4 heterocycles. The van der Waals surface area contributed by atoms with Crippen LogP contribution in [0, 0.1) is 6.92 Å². The highest BCUT2D eigenvalue weighted by Crippen LogP contribution is 2.41. The van der Waals surface area contributed by atoms with Crippen molar-refractivity contribution in [1.82, 2.24) is 23.6 Å². The maximum atomic E-state index is 14.2. The van der Waals surface area contributed by atoms with Crippen LogP contribution in [0.3, 0.4) is 0 Å². The highest BCUT2D eigenvalue weighted by Gasteiger charge is 2.29.